The Bertz CT molecular complexity index is 729. The van der Waals surface area contributed by atoms with Gasteiger partial charge in [-0.15, -0.1) is 12.4 Å². The van der Waals surface area contributed by atoms with Gasteiger partial charge in [-0.25, -0.2) is 12.8 Å². The summed E-state index contributed by atoms with van der Waals surface area (Å²) in [6.45, 7) is 1.65. The molecule has 5 nitrogen and oxygen atoms in total. The van der Waals surface area contributed by atoms with Gasteiger partial charge in [-0.2, -0.15) is 0 Å². The van der Waals surface area contributed by atoms with Crippen LogP contribution in [0.25, 0.3) is 0 Å². The summed E-state index contributed by atoms with van der Waals surface area (Å²) >= 11 is 0. The molecule has 0 radical (unpaired) electrons. The molecule has 2 heterocycles. The highest BCUT2D eigenvalue weighted by atomic mass is 35.5. The zero-order chi connectivity index (χ0) is 18.2. The zero-order valence-electron chi connectivity index (χ0n) is 15.0. The molecule has 26 heavy (non-hydrogen) atoms. The van der Waals surface area contributed by atoms with Crippen LogP contribution in [-0.2, 0) is 14.6 Å². The highest BCUT2D eigenvalue weighted by molar-refractivity contribution is 7.91. The minimum atomic E-state index is -3.62. The van der Waals surface area contributed by atoms with Gasteiger partial charge in [-0.1, -0.05) is 6.92 Å². The Hall–Kier alpha value is -1.18. The number of sulfone groups is 1. The molecule has 2 fully saturated rings. The van der Waals surface area contributed by atoms with E-state index < -0.39 is 21.6 Å². The van der Waals surface area contributed by atoms with Crippen LogP contribution >= 0.6 is 12.4 Å². The molecule has 3 atom stereocenters. The number of benzene rings is 1. The molecular formula is C18H26ClFN2O3S. The summed E-state index contributed by atoms with van der Waals surface area (Å²) in [6.07, 6.45) is 4.15. The first-order chi connectivity index (χ1) is 11.8. The topological polar surface area (TPSA) is 66.5 Å². The zero-order valence-corrected chi connectivity index (χ0v) is 16.7. The second-order valence-corrected chi connectivity index (χ2v) is 9.38. The Kier molecular flexibility index (Phi) is 6.69. The Morgan fingerprint density at radius 1 is 1.23 bits per heavy atom. The predicted octanol–water partition coefficient (Wildman–Crippen LogP) is 2.40. The second kappa shape index (κ2) is 8.23. The lowest BCUT2D eigenvalue weighted by Crippen LogP contribution is -2.50. The van der Waals surface area contributed by atoms with Crippen molar-refractivity contribution in [1.82, 2.24) is 10.2 Å². The molecule has 146 valence electrons. The molecule has 1 aromatic rings. The largest absolute Gasteiger partial charge is 0.342 e. The molecule has 1 N–H and O–H groups in total. The van der Waals surface area contributed by atoms with Gasteiger partial charge in [0, 0.05) is 31.1 Å². The molecular weight excluding hydrogens is 379 g/mol. The fourth-order valence-corrected chi connectivity index (χ4v) is 5.55. The quantitative estimate of drug-likeness (QED) is 0.765. The average Bonchev–Trinajstić information content (AvgIpc) is 2.91. The van der Waals surface area contributed by atoms with Crippen LogP contribution in [0.2, 0.25) is 0 Å². The summed E-state index contributed by atoms with van der Waals surface area (Å²) < 4.78 is 37.9. The number of carbonyl (C=O) groups excluding carboxylic acids is 1. The van der Waals surface area contributed by atoms with Crippen molar-refractivity contribution >= 4 is 28.2 Å². The number of nitrogens with zero attached hydrogens (tertiary/aromatic N) is 1. The van der Waals surface area contributed by atoms with Crippen molar-refractivity contribution in [2.24, 2.45) is 5.92 Å². The number of nitrogens with one attached hydrogen (secondary N) is 1. The number of hydrogen-bond acceptors (Lipinski definition) is 4. The molecule has 2 aliphatic rings. The van der Waals surface area contributed by atoms with Crippen molar-refractivity contribution in [3.05, 3.63) is 30.1 Å². The molecule has 1 aromatic carbocycles. The first-order valence-electron chi connectivity index (χ1n) is 8.77. The van der Waals surface area contributed by atoms with E-state index in [1.807, 2.05) is 0 Å². The van der Waals surface area contributed by atoms with Gasteiger partial charge < -0.3 is 10.2 Å². The summed E-state index contributed by atoms with van der Waals surface area (Å²) in [4.78, 5) is 14.5. The number of rotatable bonds is 5. The van der Waals surface area contributed by atoms with Gasteiger partial charge >= 0.3 is 0 Å². The maximum absolute atomic E-state index is 13.0. The summed E-state index contributed by atoms with van der Waals surface area (Å²) in [5.41, 5.74) is 0. The standard InChI is InChI=1S/C18H25FN2O3S.ClH/c1-12(11-25(23,24)17-7-3-13(19)4-8-17)18(22)21(2)16-9-14-5-6-15(10-16)20-14;/h3-4,7-8,12,14-16,20H,5-6,9-11H2,1-2H3;1H. The van der Waals surface area contributed by atoms with Gasteiger partial charge in [0.1, 0.15) is 5.82 Å². The lowest BCUT2D eigenvalue weighted by atomic mass is 9.97. The van der Waals surface area contributed by atoms with E-state index >= 15 is 0 Å². The summed E-state index contributed by atoms with van der Waals surface area (Å²) in [6, 6.07) is 5.84. The SMILES string of the molecule is CC(CS(=O)(=O)c1ccc(F)cc1)C(=O)N(C)C1CC2CCC(C1)N2.Cl. The van der Waals surface area contributed by atoms with E-state index in [0.29, 0.717) is 12.1 Å². The van der Waals surface area contributed by atoms with E-state index in [2.05, 4.69) is 5.32 Å². The van der Waals surface area contributed by atoms with Gasteiger partial charge in [-0.05, 0) is 49.9 Å². The van der Waals surface area contributed by atoms with Crippen LogP contribution in [0, 0.1) is 11.7 Å². The van der Waals surface area contributed by atoms with Gasteiger partial charge in [-0.3, -0.25) is 4.79 Å². The number of halogens is 2. The molecule has 0 saturated carbocycles. The van der Waals surface area contributed by atoms with Crippen molar-refractivity contribution in [2.45, 2.75) is 55.6 Å². The van der Waals surface area contributed by atoms with Crippen LogP contribution in [0.5, 0.6) is 0 Å². The Morgan fingerprint density at radius 3 is 2.31 bits per heavy atom. The number of carbonyl (C=O) groups is 1. The van der Waals surface area contributed by atoms with E-state index in [4.69, 9.17) is 0 Å². The van der Waals surface area contributed by atoms with Crippen molar-refractivity contribution < 1.29 is 17.6 Å². The molecule has 2 saturated heterocycles. The maximum Gasteiger partial charge on any atom is 0.226 e. The minimum absolute atomic E-state index is 0. The molecule has 0 spiro atoms. The molecule has 2 bridgehead atoms. The van der Waals surface area contributed by atoms with Crippen LogP contribution in [0.15, 0.2) is 29.2 Å². The van der Waals surface area contributed by atoms with E-state index in [0.717, 1.165) is 37.8 Å². The van der Waals surface area contributed by atoms with E-state index in [9.17, 15) is 17.6 Å². The van der Waals surface area contributed by atoms with Crippen LogP contribution in [-0.4, -0.2) is 50.2 Å². The molecule has 3 unspecified atom stereocenters. The smallest absolute Gasteiger partial charge is 0.226 e. The number of piperidine rings is 1. The molecule has 0 aromatic heterocycles. The third-order valence-electron chi connectivity index (χ3n) is 5.41. The fourth-order valence-electron chi connectivity index (χ4n) is 4.01. The van der Waals surface area contributed by atoms with Gasteiger partial charge in [0.25, 0.3) is 0 Å². The molecule has 1 amide bonds. The number of fused-ring (bicyclic) bond motifs is 2. The van der Waals surface area contributed by atoms with Gasteiger partial charge in [0.2, 0.25) is 5.91 Å². The summed E-state index contributed by atoms with van der Waals surface area (Å²) in [7, 11) is -1.84. The van der Waals surface area contributed by atoms with Crippen molar-refractivity contribution in [3.8, 4) is 0 Å². The average molecular weight is 405 g/mol. The monoisotopic (exact) mass is 404 g/mol. The van der Waals surface area contributed by atoms with Crippen LogP contribution in [0.1, 0.15) is 32.6 Å². The van der Waals surface area contributed by atoms with Gasteiger partial charge in [0.15, 0.2) is 9.84 Å². The number of hydrogen-bond donors (Lipinski definition) is 1. The predicted molar refractivity (Wildman–Crippen MR) is 101 cm³/mol. The molecule has 8 heteroatoms. The lowest BCUT2D eigenvalue weighted by Gasteiger charge is -2.36. The maximum atomic E-state index is 13.0. The highest BCUT2D eigenvalue weighted by Gasteiger charge is 2.37. The van der Waals surface area contributed by atoms with E-state index in [1.165, 1.54) is 12.1 Å². The van der Waals surface area contributed by atoms with Crippen LogP contribution in [0.3, 0.4) is 0 Å². The third-order valence-corrected chi connectivity index (χ3v) is 7.34. The summed E-state index contributed by atoms with van der Waals surface area (Å²) in [5.74, 6) is -1.52. The summed E-state index contributed by atoms with van der Waals surface area (Å²) in [5, 5.41) is 3.54. The molecule has 3 rings (SSSR count). The minimum Gasteiger partial charge on any atom is -0.342 e. The third kappa shape index (κ3) is 4.56. The first-order valence-corrected chi connectivity index (χ1v) is 10.4. The lowest BCUT2D eigenvalue weighted by molar-refractivity contribution is -0.135. The van der Waals surface area contributed by atoms with Crippen LogP contribution in [0.4, 0.5) is 4.39 Å². The fraction of sp³-hybridized carbons (Fsp3) is 0.611. The Morgan fingerprint density at radius 2 is 1.77 bits per heavy atom. The number of amides is 1. The van der Waals surface area contributed by atoms with E-state index in [-0.39, 0.29) is 35.0 Å². The van der Waals surface area contributed by atoms with Crippen molar-refractivity contribution in [1.29, 1.82) is 0 Å². The Balaban J connectivity index is 0.00000243. The first kappa shape index (κ1) is 21.1. The van der Waals surface area contributed by atoms with Crippen LogP contribution < -0.4 is 5.32 Å². The highest BCUT2D eigenvalue weighted by Crippen LogP contribution is 2.30. The van der Waals surface area contributed by atoms with E-state index in [1.54, 1.807) is 18.9 Å². The Labute approximate surface area is 160 Å². The molecule has 0 aliphatic carbocycles. The van der Waals surface area contributed by atoms with Crippen molar-refractivity contribution in [3.63, 3.8) is 0 Å². The molecule has 2 aliphatic heterocycles. The van der Waals surface area contributed by atoms with Gasteiger partial charge in [0.05, 0.1) is 10.6 Å². The normalized spacial score (nSPS) is 26.0. The second-order valence-electron chi connectivity index (χ2n) is 7.35. The van der Waals surface area contributed by atoms with Crippen molar-refractivity contribution in [2.75, 3.05) is 12.8 Å².